The zero-order valence-corrected chi connectivity index (χ0v) is 14.1. The number of hydrogen-bond acceptors (Lipinski definition) is 4. The van der Waals surface area contributed by atoms with Crippen LogP contribution in [0.2, 0.25) is 0 Å². The van der Waals surface area contributed by atoms with Gasteiger partial charge in [0.2, 0.25) is 0 Å². The molecule has 0 radical (unpaired) electrons. The van der Waals surface area contributed by atoms with Gasteiger partial charge in [0.1, 0.15) is 16.0 Å². The number of benzene rings is 1. The third-order valence-corrected chi connectivity index (χ3v) is 5.53. The van der Waals surface area contributed by atoms with E-state index in [4.69, 9.17) is 0 Å². The van der Waals surface area contributed by atoms with E-state index >= 15 is 0 Å². The molecule has 122 valence electrons. The molecule has 3 rings (SSSR count). The third-order valence-electron chi connectivity index (χ3n) is 4.38. The number of likely N-dealkylation sites (tertiary alicyclic amines) is 1. The molecule has 0 saturated carbocycles. The van der Waals surface area contributed by atoms with Crippen LogP contribution in [0.3, 0.4) is 0 Å². The summed E-state index contributed by atoms with van der Waals surface area (Å²) in [6.45, 7) is 3.24. The molecule has 1 fully saturated rings. The lowest BCUT2D eigenvalue weighted by Gasteiger charge is -2.19. The molecule has 5 heteroatoms. The Bertz CT molecular complexity index is 654. The Balaban J connectivity index is 1.66. The van der Waals surface area contributed by atoms with Crippen molar-refractivity contribution in [1.82, 2.24) is 9.88 Å². The maximum absolute atomic E-state index is 12.6. The number of aliphatic hydroxyl groups is 1. The van der Waals surface area contributed by atoms with Gasteiger partial charge in [0.25, 0.3) is 5.91 Å². The van der Waals surface area contributed by atoms with Crippen LogP contribution in [-0.2, 0) is 0 Å². The maximum atomic E-state index is 12.6. The Morgan fingerprint density at radius 2 is 2.09 bits per heavy atom. The number of aromatic nitrogens is 1. The van der Waals surface area contributed by atoms with Crippen LogP contribution < -0.4 is 0 Å². The first kappa shape index (κ1) is 16.1. The minimum Gasteiger partial charge on any atom is -0.386 e. The number of aliphatic hydroxyl groups excluding tert-OH is 1. The molecule has 1 amide bonds. The molecule has 0 aliphatic carbocycles. The van der Waals surface area contributed by atoms with Gasteiger partial charge >= 0.3 is 0 Å². The van der Waals surface area contributed by atoms with Crippen LogP contribution in [0, 0.1) is 0 Å². The summed E-state index contributed by atoms with van der Waals surface area (Å²) >= 11 is 1.29. The van der Waals surface area contributed by atoms with Gasteiger partial charge in [0, 0.05) is 13.1 Å². The molecule has 1 saturated heterocycles. The van der Waals surface area contributed by atoms with Gasteiger partial charge in [0.05, 0.1) is 6.20 Å². The molecule has 1 aromatic heterocycles. The summed E-state index contributed by atoms with van der Waals surface area (Å²) in [6.07, 6.45) is 4.11. The normalized spacial score (nSPS) is 20.1. The topological polar surface area (TPSA) is 53.4 Å². The van der Waals surface area contributed by atoms with E-state index in [0.29, 0.717) is 15.8 Å². The molecule has 2 aromatic rings. The van der Waals surface area contributed by atoms with Crippen LogP contribution in [0.4, 0.5) is 0 Å². The van der Waals surface area contributed by atoms with Crippen molar-refractivity contribution in [3.05, 3.63) is 52.0 Å². The summed E-state index contributed by atoms with van der Waals surface area (Å²) in [5, 5.41) is 10.2. The smallest absolute Gasteiger partial charge is 0.265 e. The van der Waals surface area contributed by atoms with Crippen molar-refractivity contribution in [2.24, 2.45) is 0 Å². The second-order valence-electron chi connectivity index (χ2n) is 6.07. The van der Waals surface area contributed by atoms with E-state index in [0.717, 1.165) is 32.4 Å². The number of carbonyl (C=O) groups excluding carboxylic acids is 1. The van der Waals surface area contributed by atoms with Crippen molar-refractivity contribution in [2.45, 2.75) is 38.2 Å². The number of rotatable bonds is 3. The fourth-order valence-corrected chi connectivity index (χ4v) is 3.92. The van der Waals surface area contributed by atoms with Crippen molar-refractivity contribution < 1.29 is 9.90 Å². The molecule has 0 spiro atoms. The van der Waals surface area contributed by atoms with Gasteiger partial charge in [-0.25, -0.2) is 4.98 Å². The molecular formula is C18H22N2O2S. The average Bonchev–Trinajstić information content (AvgIpc) is 2.94. The highest BCUT2D eigenvalue weighted by Crippen LogP contribution is 2.29. The summed E-state index contributed by atoms with van der Waals surface area (Å²) < 4.78 is 0. The van der Waals surface area contributed by atoms with E-state index in [-0.39, 0.29) is 5.91 Å². The van der Waals surface area contributed by atoms with Gasteiger partial charge in [-0.2, -0.15) is 0 Å². The SMILES string of the molecule is C[C@@H](O)c1ncc(C(=O)N2CCC[C@H](c3ccccc3)CC2)s1. The fourth-order valence-electron chi connectivity index (χ4n) is 3.09. The average molecular weight is 330 g/mol. The van der Waals surface area contributed by atoms with E-state index in [1.165, 1.54) is 16.9 Å². The first-order chi connectivity index (χ1) is 11.1. The van der Waals surface area contributed by atoms with Crippen LogP contribution in [0.25, 0.3) is 0 Å². The highest BCUT2D eigenvalue weighted by atomic mass is 32.1. The Hall–Kier alpha value is -1.72. The predicted octanol–water partition coefficient (Wildman–Crippen LogP) is 3.61. The standard InChI is InChI=1S/C18H22N2O2S/c1-13(21)17-19-12-16(23-17)18(22)20-10-5-8-15(9-11-20)14-6-3-2-4-7-14/h2-4,6-7,12-13,15,21H,5,8-11H2,1H3/t13-,15+/m1/s1. The Labute approximate surface area is 140 Å². The zero-order chi connectivity index (χ0) is 16.2. The molecule has 1 aliphatic rings. The molecule has 0 unspecified atom stereocenters. The Kier molecular flexibility index (Phi) is 5.08. The molecule has 0 bridgehead atoms. The van der Waals surface area contributed by atoms with Crippen LogP contribution in [0.1, 0.15) is 58.5 Å². The molecule has 23 heavy (non-hydrogen) atoms. The van der Waals surface area contributed by atoms with Gasteiger partial charge in [0.15, 0.2) is 0 Å². The monoisotopic (exact) mass is 330 g/mol. The predicted molar refractivity (Wildman–Crippen MR) is 91.7 cm³/mol. The second kappa shape index (κ2) is 7.23. The largest absolute Gasteiger partial charge is 0.386 e. The molecule has 2 heterocycles. The second-order valence-corrected chi connectivity index (χ2v) is 7.13. The minimum atomic E-state index is -0.617. The Morgan fingerprint density at radius 3 is 2.78 bits per heavy atom. The minimum absolute atomic E-state index is 0.0445. The van der Waals surface area contributed by atoms with Crippen LogP contribution >= 0.6 is 11.3 Å². The number of nitrogens with zero attached hydrogens (tertiary/aromatic N) is 2. The highest BCUT2D eigenvalue weighted by Gasteiger charge is 2.24. The van der Waals surface area contributed by atoms with Crippen molar-refractivity contribution in [3.63, 3.8) is 0 Å². The number of amides is 1. The summed E-state index contributed by atoms with van der Waals surface area (Å²) in [5.74, 6) is 0.576. The molecular weight excluding hydrogens is 308 g/mol. The van der Waals surface area contributed by atoms with Gasteiger partial charge in [-0.15, -0.1) is 11.3 Å². The first-order valence-electron chi connectivity index (χ1n) is 8.13. The fraction of sp³-hybridized carbons (Fsp3) is 0.444. The van der Waals surface area contributed by atoms with Crippen molar-refractivity contribution >= 4 is 17.2 Å². The van der Waals surface area contributed by atoms with E-state index in [9.17, 15) is 9.90 Å². The van der Waals surface area contributed by atoms with E-state index in [2.05, 4.69) is 29.2 Å². The van der Waals surface area contributed by atoms with Gasteiger partial charge in [-0.3, -0.25) is 4.79 Å². The number of thiazole rings is 1. The summed E-state index contributed by atoms with van der Waals surface area (Å²) in [4.78, 5) is 19.3. The van der Waals surface area contributed by atoms with E-state index < -0.39 is 6.10 Å². The van der Waals surface area contributed by atoms with Crippen LogP contribution in [0.5, 0.6) is 0 Å². The molecule has 2 atom stereocenters. The molecule has 1 aliphatic heterocycles. The summed E-state index contributed by atoms with van der Waals surface area (Å²) in [6, 6.07) is 10.6. The lowest BCUT2D eigenvalue weighted by Crippen LogP contribution is -2.31. The van der Waals surface area contributed by atoms with Crippen molar-refractivity contribution in [2.75, 3.05) is 13.1 Å². The van der Waals surface area contributed by atoms with Gasteiger partial charge < -0.3 is 10.0 Å². The van der Waals surface area contributed by atoms with Gasteiger partial charge in [-0.05, 0) is 37.7 Å². The summed E-state index contributed by atoms with van der Waals surface area (Å²) in [7, 11) is 0. The van der Waals surface area contributed by atoms with Crippen LogP contribution in [-0.4, -0.2) is 34.0 Å². The highest BCUT2D eigenvalue weighted by molar-refractivity contribution is 7.13. The quantitative estimate of drug-likeness (QED) is 0.935. The molecule has 1 N–H and O–H groups in total. The Morgan fingerprint density at radius 1 is 1.30 bits per heavy atom. The van der Waals surface area contributed by atoms with Crippen molar-refractivity contribution in [3.8, 4) is 0 Å². The van der Waals surface area contributed by atoms with E-state index in [1.807, 2.05) is 11.0 Å². The summed E-state index contributed by atoms with van der Waals surface area (Å²) in [5.41, 5.74) is 1.37. The molecule has 1 aromatic carbocycles. The third kappa shape index (κ3) is 3.79. The van der Waals surface area contributed by atoms with Crippen LogP contribution in [0.15, 0.2) is 36.5 Å². The number of carbonyl (C=O) groups is 1. The zero-order valence-electron chi connectivity index (χ0n) is 13.3. The van der Waals surface area contributed by atoms with E-state index in [1.54, 1.807) is 13.1 Å². The van der Waals surface area contributed by atoms with Crippen molar-refractivity contribution in [1.29, 1.82) is 0 Å². The lowest BCUT2D eigenvalue weighted by molar-refractivity contribution is 0.0765. The lowest BCUT2D eigenvalue weighted by atomic mass is 9.92. The first-order valence-corrected chi connectivity index (χ1v) is 8.95. The number of hydrogen-bond donors (Lipinski definition) is 1. The molecule has 4 nitrogen and oxygen atoms in total. The van der Waals surface area contributed by atoms with Gasteiger partial charge in [-0.1, -0.05) is 30.3 Å². The maximum Gasteiger partial charge on any atom is 0.265 e.